The topological polar surface area (TPSA) is 75.0 Å². The molecule has 0 radical (unpaired) electrons. The summed E-state index contributed by atoms with van der Waals surface area (Å²) in [5, 5.41) is 4.26. The fourth-order valence-electron chi connectivity index (χ4n) is 8.99. The molecule has 3 aliphatic carbocycles. The lowest BCUT2D eigenvalue weighted by Crippen LogP contribution is -2.57. The molecule has 3 heterocycles. The van der Waals surface area contributed by atoms with E-state index >= 15 is 0 Å². The van der Waals surface area contributed by atoms with Gasteiger partial charge in [0, 0.05) is 37.4 Å². The zero-order chi connectivity index (χ0) is 32.7. The van der Waals surface area contributed by atoms with Crippen molar-refractivity contribution in [3.8, 4) is 5.75 Å². The summed E-state index contributed by atoms with van der Waals surface area (Å²) in [4.78, 5) is 28.8. The number of hydrogen-bond acceptors (Lipinski definition) is 5. The molecule has 2 saturated heterocycles. The first-order chi connectivity index (χ1) is 22.7. The average molecular weight is 643 g/mol. The monoisotopic (exact) mass is 642 g/mol. The van der Waals surface area contributed by atoms with Crippen LogP contribution in [0.1, 0.15) is 71.3 Å². The summed E-state index contributed by atoms with van der Waals surface area (Å²) in [5.74, 6) is 3.14. The van der Waals surface area contributed by atoms with Gasteiger partial charge in [0.2, 0.25) is 0 Å². The molecule has 3 aromatic rings. The van der Waals surface area contributed by atoms with E-state index in [0.29, 0.717) is 58.6 Å². The highest BCUT2D eigenvalue weighted by Crippen LogP contribution is 2.61. The number of methoxy groups -OCH3 is 1. The molecule has 0 amide bonds. The van der Waals surface area contributed by atoms with Crippen LogP contribution in [-0.4, -0.2) is 70.7 Å². The SMILES string of the molecule is COc1ccc(CCn2cnc3cc(N/C(=N/[C@H]4C[C@@H]5C[C@H]([C@@H]4C)C5(C)C)N4CCC(N5CCCCC5)CC4)ccc3c2=O)c(F)c1. The number of aliphatic imine (C=N–C) groups is 1. The smallest absolute Gasteiger partial charge is 0.261 e. The van der Waals surface area contributed by atoms with Crippen LogP contribution in [0.25, 0.3) is 10.9 Å². The fraction of sp³-hybridized carbons (Fsp3) is 0.605. The number of guanidine groups is 1. The molecule has 0 spiro atoms. The lowest BCUT2D eigenvalue weighted by atomic mass is 9.45. The second-order valence-electron chi connectivity index (χ2n) is 15.1. The standard InChI is InChI=1S/C38H51FN6O2/c1-25-32-20-27(38(32,2)3)21-34(25)42-37(44-18-13-29(14-19-44)43-15-6-5-7-16-43)41-28-9-11-31-35(22-28)40-24-45(36(31)46)17-12-26-8-10-30(47-4)23-33(26)39/h8-11,22-25,27,29,32,34H,5-7,12-21H2,1-4H3,(H,41,42)/t25-,27-,32+,34-/m0/s1. The molecule has 1 aromatic heterocycles. The Kier molecular flexibility index (Phi) is 9.02. The van der Waals surface area contributed by atoms with Crippen LogP contribution in [0, 0.1) is 29.0 Å². The molecular formula is C38H51FN6O2. The third-order valence-electron chi connectivity index (χ3n) is 12.2. The minimum atomic E-state index is -0.335. The lowest BCUT2D eigenvalue weighted by Gasteiger charge is -2.61. The van der Waals surface area contributed by atoms with Crippen LogP contribution >= 0.6 is 0 Å². The molecule has 8 rings (SSSR count). The van der Waals surface area contributed by atoms with Gasteiger partial charge in [-0.3, -0.25) is 9.36 Å². The van der Waals surface area contributed by atoms with Gasteiger partial charge in [0.25, 0.3) is 5.56 Å². The maximum absolute atomic E-state index is 14.5. The highest BCUT2D eigenvalue weighted by Gasteiger charge is 2.56. The number of piperidine rings is 2. The maximum Gasteiger partial charge on any atom is 0.261 e. The molecule has 4 atom stereocenters. The van der Waals surface area contributed by atoms with Gasteiger partial charge in [-0.05, 0) is 111 Å². The third kappa shape index (κ3) is 6.40. The van der Waals surface area contributed by atoms with E-state index in [9.17, 15) is 9.18 Å². The molecule has 8 nitrogen and oxygen atoms in total. The summed E-state index contributed by atoms with van der Waals surface area (Å²) in [7, 11) is 1.52. The number of aromatic nitrogens is 2. The minimum absolute atomic E-state index is 0.123. The molecule has 9 heteroatoms. The molecule has 2 aliphatic heterocycles. The van der Waals surface area contributed by atoms with Crippen molar-refractivity contribution in [3.05, 3.63) is 64.5 Å². The Morgan fingerprint density at radius 2 is 1.85 bits per heavy atom. The van der Waals surface area contributed by atoms with Crippen molar-refractivity contribution in [1.82, 2.24) is 19.4 Å². The Bertz CT molecular complexity index is 1670. The first kappa shape index (κ1) is 32.1. The van der Waals surface area contributed by atoms with E-state index in [4.69, 9.17) is 9.73 Å². The number of nitrogens with one attached hydrogen (secondary N) is 1. The summed E-state index contributed by atoms with van der Waals surface area (Å²) < 4.78 is 21.2. The molecule has 1 N–H and O–H groups in total. The van der Waals surface area contributed by atoms with Gasteiger partial charge < -0.3 is 19.9 Å². The van der Waals surface area contributed by atoms with Crippen molar-refractivity contribution in [2.75, 3.05) is 38.6 Å². The molecule has 5 aliphatic rings. The molecule has 5 fully saturated rings. The Hall–Kier alpha value is -3.46. The van der Waals surface area contributed by atoms with Crippen LogP contribution in [0.15, 0.2) is 52.5 Å². The number of halogens is 1. The van der Waals surface area contributed by atoms with Crippen molar-refractivity contribution in [2.45, 2.75) is 90.8 Å². The Balaban J connectivity index is 1.09. The van der Waals surface area contributed by atoms with E-state index in [2.05, 4.69) is 40.9 Å². The van der Waals surface area contributed by atoms with Crippen LogP contribution in [0.2, 0.25) is 0 Å². The fourth-order valence-corrected chi connectivity index (χ4v) is 8.99. The van der Waals surface area contributed by atoms with E-state index in [-0.39, 0.29) is 11.4 Å². The number of benzene rings is 2. The number of rotatable bonds is 7. The van der Waals surface area contributed by atoms with E-state index in [0.717, 1.165) is 43.0 Å². The first-order valence-corrected chi connectivity index (χ1v) is 17.9. The summed E-state index contributed by atoms with van der Waals surface area (Å²) in [6.45, 7) is 12.1. The minimum Gasteiger partial charge on any atom is -0.497 e. The van der Waals surface area contributed by atoms with Gasteiger partial charge in [0.15, 0.2) is 5.96 Å². The Morgan fingerprint density at radius 1 is 1.06 bits per heavy atom. The van der Waals surface area contributed by atoms with Crippen LogP contribution in [-0.2, 0) is 13.0 Å². The van der Waals surface area contributed by atoms with E-state index < -0.39 is 0 Å². The summed E-state index contributed by atoms with van der Waals surface area (Å²) in [6.07, 6.45) is 10.8. The van der Waals surface area contributed by atoms with Gasteiger partial charge in [-0.2, -0.15) is 0 Å². The second kappa shape index (κ2) is 13.2. The average Bonchev–Trinajstić information content (AvgIpc) is 3.09. The van der Waals surface area contributed by atoms with Crippen LogP contribution in [0.3, 0.4) is 0 Å². The number of aryl methyl sites for hydroxylation is 2. The quantitative estimate of drug-likeness (QED) is 0.232. The highest BCUT2D eigenvalue weighted by atomic mass is 19.1. The molecule has 47 heavy (non-hydrogen) atoms. The second-order valence-corrected chi connectivity index (χ2v) is 15.1. The number of hydrogen-bond donors (Lipinski definition) is 1. The summed E-state index contributed by atoms with van der Waals surface area (Å²) in [5.41, 5.74) is 2.38. The summed E-state index contributed by atoms with van der Waals surface area (Å²) in [6, 6.07) is 11.6. The zero-order valence-corrected chi connectivity index (χ0v) is 28.6. The van der Waals surface area contributed by atoms with Gasteiger partial charge >= 0.3 is 0 Å². The number of ether oxygens (including phenoxy) is 1. The molecule has 0 unspecified atom stereocenters. The Morgan fingerprint density at radius 3 is 2.55 bits per heavy atom. The van der Waals surface area contributed by atoms with Crippen LogP contribution in [0.4, 0.5) is 10.1 Å². The predicted molar refractivity (Wildman–Crippen MR) is 187 cm³/mol. The van der Waals surface area contributed by atoms with Crippen molar-refractivity contribution in [2.24, 2.45) is 28.2 Å². The van der Waals surface area contributed by atoms with Crippen molar-refractivity contribution in [3.63, 3.8) is 0 Å². The number of anilines is 1. The normalized spacial score (nSPS) is 26.7. The van der Waals surface area contributed by atoms with Gasteiger partial charge in [-0.15, -0.1) is 0 Å². The van der Waals surface area contributed by atoms with E-state index in [1.165, 1.54) is 64.8 Å². The molecular weight excluding hydrogens is 591 g/mol. The van der Waals surface area contributed by atoms with Crippen molar-refractivity contribution < 1.29 is 9.13 Å². The van der Waals surface area contributed by atoms with Crippen molar-refractivity contribution >= 4 is 22.5 Å². The molecule has 3 saturated carbocycles. The summed E-state index contributed by atoms with van der Waals surface area (Å²) >= 11 is 0. The highest BCUT2D eigenvalue weighted by molar-refractivity contribution is 5.96. The van der Waals surface area contributed by atoms with E-state index in [1.807, 2.05) is 18.2 Å². The third-order valence-corrected chi connectivity index (χ3v) is 12.2. The molecule has 2 bridgehead atoms. The van der Waals surface area contributed by atoms with Gasteiger partial charge in [0.05, 0.1) is 30.4 Å². The number of likely N-dealkylation sites (tertiary alicyclic amines) is 2. The zero-order valence-electron chi connectivity index (χ0n) is 28.6. The predicted octanol–water partition coefficient (Wildman–Crippen LogP) is 6.58. The van der Waals surface area contributed by atoms with Gasteiger partial charge in [-0.1, -0.05) is 33.3 Å². The van der Waals surface area contributed by atoms with Gasteiger partial charge in [-0.25, -0.2) is 14.4 Å². The molecule has 252 valence electrons. The number of nitrogens with zero attached hydrogens (tertiary/aromatic N) is 5. The van der Waals surface area contributed by atoms with Crippen LogP contribution in [0.5, 0.6) is 5.75 Å². The first-order valence-electron chi connectivity index (χ1n) is 17.9. The Labute approximate surface area is 278 Å². The van der Waals surface area contributed by atoms with Gasteiger partial charge in [0.1, 0.15) is 11.6 Å². The van der Waals surface area contributed by atoms with E-state index in [1.54, 1.807) is 23.0 Å². The lowest BCUT2D eigenvalue weighted by molar-refractivity contribution is -0.108. The largest absolute Gasteiger partial charge is 0.497 e. The maximum atomic E-state index is 14.5. The van der Waals surface area contributed by atoms with Crippen LogP contribution < -0.4 is 15.6 Å². The number of fused-ring (bicyclic) bond motifs is 3. The molecule has 2 aromatic carbocycles. The van der Waals surface area contributed by atoms with Crippen molar-refractivity contribution in [1.29, 1.82) is 0 Å².